The van der Waals surface area contributed by atoms with Crippen LogP contribution in [0.5, 0.6) is 0 Å². The van der Waals surface area contributed by atoms with Crippen LogP contribution in [0.25, 0.3) is 0 Å². The maximum atomic E-state index is 11.9. The molecule has 2 aliphatic carbocycles. The van der Waals surface area contributed by atoms with Gasteiger partial charge in [-0.2, -0.15) is 0 Å². The van der Waals surface area contributed by atoms with Crippen LogP contribution < -0.4 is 10.0 Å². The summed E-state index contributed by atoms with van der Waals surface area (Å²) >= 11 is 0. The van der Waals surface area contributed by atoms with E-state index in [1.54, 1.807) is 6.92 Å². The summed E-state index contributed by atoms with van der Waals surface area (Å²) in [5.74, 6) is 0.883. The Balaban J connectivity index is 1.60. The highest BCUT2D eigenvalue weighted by Gasteiger charge is 2.25. The molecule has 1 atom stereocenters. The standard InChI is InChI=1S/C12H24N2O2S/c1-10(9-13-12-6-7-12)17(15,16)14-8-2-3-11-4-5-11/h10-14H,2-9H2,1H3. The summed E-state index contributed by atoms with van der Waals surface area (Å²) in [7, 11) is -3.12. The van der Waals surface area contributed by atoms with Gasteiger partial charge in [-0.15, -0.1) is 0 Å². The van der Waals surface area contributed by atoms with E-state index in [1.807, 2.05) is 0 Å². The van der Waals surface area contributed by atoms with Crippen LogP contribution in [0.1, 0.15) is 45.4 Å². The minimum atomic E-state index is -3.12. The predicted octanol–water partition coefficient (Wildman–Crippen LogP) is 1.24. The smallest absolute Gasteiger partial charge is 0.215 e. The van der Waals surface area contributed by atoms with Gasteiger partial charge in [0.05, 0.1) is 5.25 Å². The van der Waals surface area contributed by atoms with Crippen molar-refractivity contribution in [2.75, 3.05) is 13.1 Å². The first-order valence-electron chi connectivity index (χ1n) is 6.80. The van der Waals surface area contributed by atoms with E-state index in [2.05, 4.69) is 10.0 Å². The molecule has 4 nitrogen and oxygen atoms in total. The van der Waals surface area contributed by atoms with Crippen LogP contribution in [0.3, 0.4) is 0 Å². The third kappa shape index (κ3) is 4.94. The summed E-state index contributed by atoms with van der Waals surface area (Å²) in [6.07, 6.45) is 7.23. The zero-order valence-corrected chi connectivity index (χ0v) is 11.4. The first kappa shape index (κ1) is 13.3. The molecule has 0 heterocycles. The lowest BCUT2D eigenvalue weighted by Gasteiger charge is -2.14. The van der Waals surface area contributed by atoms with E-state index < -0.39 is 10.0 Å². The molecule has 1 unspecified atom stereocenters. The number of rotatable bonds is 9. The summed E-state index contributed by atoms with van der Waals surface area (Å²) in [6.45, 7) is 2.95. The second-order valence-electron chi connectivity index (χ2n) is 5.52. The normalized spacial score (nSPS) is 22.6. The molecule has 17 heavy (non-hydrogen) atoms. The number of nitrogens with one attached hydrogen (secondary N) is 2. The fourth-order valence-electron chi connectivity index (χ4n) is 1.88. The Hall–Kier alpha value is -0.130. The van der Waals surface area contributed by atoms with Gasteiger partial charge in [-0.25, -0.2) is 13.1 Å². The lowest BCUT2D eigenvalue weighted by molar-refractivity contribution is 0.551. The van der Waals surface area contributed by atoms with Crippen LogP contribution in [0.2, 0.25) is 0 Å². The van der Waals surface area contributed by atoms with E-state index in [9.17, 15) is 8.42 Å². The van der Waals surface area contributed by atoms with Gasteiger partial charge in [0.15, 0.2) is 0 Å². The molecule has 0 aromatic rings. The van der Waals surface area contributed by atoms with E-state index in [0.29, 0.717) is 19.1 Å². The van der Waals surface area contributed by atoms with Crippen LogP contribution >= 0.6 is 0 Å². The van der Waals surface area contributed by atoms with Crippen molar-refractivity contribution in [3.63, 3.8) is 0 Å². The third-order valence-electron chi connectivity index (χ3n) is 3.59. The first-order valence-corrected chi connectivity index (χ1v) is 8.34. The van der Waals surface area contributed by atoms with Crippen LogP contribution in [0, 0.1) is 5.92 Å². The van der Waals surface area contributed by atoms with E-state index in [-0.39, 0.29) is 5.25 Å². The monoisotopic (exact) mass is 260 g/mol. The second-order valence-corrected chi connectivity index (χ2v) is 7.70. The van der Waals surface area contributed by atoms with Gasteiger partial charge in [-0.3, -0.25) is 0 Å². The summed E-state index contributed by atoms with van der Waals surface area (Å²) in [4.78, 5) is 0. The van der Waals surface area contributed by atoms with E-state index in [4.69, 9.17) is 0 Å². The van der Waals surface area contributed by atoms with Gasteiger partial charge < -0.3 is 5.32 Å². The molecule has 0 saturated heterocycles. The lowest BCUT2D eigenvalue weighted by atomic mass is 10.2. The molecule has 0 aromatic heterocycles. The third-order valence-corrected chi connectivity index (χ3v) is 5.42. The maximum Gasteiger partial charge on any atom is 0.215 e. The van der Waals surface area contributed by atoms with Gasteiger partial charge in [0.1, 0.15) is 0 Å². The molecule has 0 radical (unpaired) electrons. The van der Waals surface area contributed by atoms with Crippen molar-refractivity contribution in [1.82, 2.24) is 10.0 Å². The van der Waals surface area contributed by atoms with Crippen molar-refractivity contribution in [2.24, 2.45) is 5.92 Å². The molecule has 0 bridgehead atoms. The van der Waals surface area contributed by atoms with Crippen LogP contribution in [0.15, 0.2) is 0 Å². The maximum absolute atomic E-state index is 11.9. The average Bonchev–Trinajstić information content (AvgIpc) is 3.14. The van der Waals surface area contributed by atoms with Crippen molar-refractivity contribution in [2.45, 2.75) is 56.7 Å². The van der Waals surface area contributed by atoms with Crippen LogP contribution in [0.4, 0.5) is 0 Å². The highest BCUT2D eigenvalue weighted by atomic mass is 32.2. The van der Waals surface area contributed by atoms with Gasteiger partial charge in [-0.05, 0) is 38.5 Å². The van der Waals surface area contributed by atoms with Crippen molar-refractivity contribution >= 4 is 10.0 Å². The topological polar surface area (TPSA) is 58.2 Å². The number of hydrogen-bond acceptors (Lipinski definition) is 3. The molecule has 0 aromatic carbocycles. The molecule has 2 saturated carbocycles. The van der Waals surface area contributed by atoms with Crippen molar-refractivity contribution < 1.29 is 8.42 Å². The highest BCUT2D eigenvalue weighted by molar-refractivity contribution is 7.90. The molecule has 0 aliphatic heterocycles. The number of sulfonamides is 1. The Morgan fingerprint density at radius 3 is 2.53 bits per heavy atom. The summed E-state index contributed by atoms with van der Waals surface area (Å²) in [6, 6.07) is 0.572. The predicted molar refractivity (Wildman–Crippen MR) is 69.4 cm³/mol. The molecule has 2 N–H and O–H groups in total. The quantitative estimate of drug-likeness (QED) is 0.613. The van der Waals surface area contributed by atoms with Crippen molar-refractivity contribution in [3.8, 4) is 0 Å². The fraction of sp³-hybridized carbons (Fsp3) is 1.00. The Bertz CT molecular complexity index is 334. The van der Waals surface area contributed by atoms with Crippen LogP contribution in [-0.2, 0) is 10.0 Å². The highest BCUT2D eigenvalue weighted by Crippen LogP contribution is 2.33. The average molecular weight is 260 g/mol. The minimum Gasteiger partial charge on any atom is -0.313 e. The van der Waals surface area contributed by atoms with Crippen molar-refractivity contribution in [1.29, 1.82) is 0 Å². The van der Waals surface area contributed by atoms with Gasteiger partial charge in [0.2, 0.25) is 10.0 Å². The fourth-order valence-corrected chi connectivity index (χ4v) is 2.91. The lowest BCUT2D eigenvalue weighted by Crippen LogP contribution is -2.39. The summed E-state index contributed by atoms with van der Waals surface area (Å²) < 4.78 is 26.5. The molecular weight excluding hydrogens is 236 g/mol. The Kier molecular flexibility index (Phi) is 4.44. The number of hydrogen-bond donors (Lipinski definition) is 2. The molecule has 2 rings (SSSR count). The van der Waals surface area contributed by atoms with Crippen molar-refractivity contribution in [3.05, 3.63) is 0 Å². The molecule has 0 spiro atoms. The Morgan fingerprint density at radius 1 is 1.24 bits per heavy atom. The molecule has 0 amide bonds. The summed E-state index contributed by atoms with van der Waals surface area (Å²) in [5.41, 5.74) is 0. The molecule has 2 aliphatic rings. The van der Waals surface area contributed by atoms with E-state index in [1.165, 1.54) is 32.1 Å². The molecular formula is C12H24N2O2S. The van der Waals surface area contributed by atoms with Gasteiger partial charge >= 0.3 is 0 Å². The summed E-state index contributed by atoms with van der Waals surface area (Å²) in [5, 5.41) is 2.93. The van der Waals surface area contributed by atoms with Gasteiger partial charge in [0.25, 0.3) is 0 Å². The second kappa shape index (κ2) is 5.67. The molecule has 100 valence electrons. The zero-order chi connectivity index (χ0) is 12.3. The minimum absolute atomic E-state index is 0.330. The van der Waals surface area contributed by atoms with Gasteiger partial charge in [0, 0.05) is 19.1 Å². The van der Waals surface area contributed by atoms with E-state index in [0.717, 1.165) is 12.3 Å². The van der Waals surface area contributed by atoms with E-state index >= 15 is 0 Å². The Morgan fingerprint density at radius 2 is 1.94 bits per heavy atom. The van der Waals surface area contributed by atoms with Gasteiger partial charge in [-0.1, -0.05) is 12.8 Å². The first-order chi connectivity index (χ1) is 8.08. The zero-order valence-electron chi connectivity index (χ0n) is 10.6. The Labute approximate surface area is 105 Å². The largest absolute Gasteiger partial charge is 0.313 e. The van der Waals surface area contributed by atoms with Crippen LogP contribution in [-0.4, -0.2) is 32.8 Å². The molecule has 5 heteroatoms. The molecule has 2 fully saturated rings. The SMILES string of the molecule is CC(CNC1CC1)S(=O)(=O)NCCCC1CC1.